The smallest absolute Gasteiger partial charge is 0.291 e. The largest absolute Gasteiger partial charge is 0.459 e. The van der Waals surface area contributed by atoms with Gasteiger partial charge in [-0.1, -0.05) is 6.07 Å². The van der Waals surface area contributed by atoms with E-state index < -0.39 is 5.54 Å². The molecule has 2 amide bonds. The fourth-order valence-electron chi connectivity index (χ4n) is 1.90. The third-order valence-corrected chi connectivity index (χ3v) is 3.20. The van der Waals surface area contributed by atoms with Gasteiger partial charge in [-0.15, -0.1) is 0 Å². The zero-order valence-corrected chi connectivity index (χ0v) is 13.5. The van der Waals surface area contributed by atoms with Crippen LogP contribution in [0.4, 0.5) is 5.69 Å². The maximum atomic E-state index is 12.2. The predicted octanol–water partition coefficient (Wildman–Crippen LogP) is 2.31. The average molecular weight is 315 g/mol. The van der Waals surface area contributed by atoms with Crippen LogP contribution in [0.25, 0.3) is 0 Å². The van der Waals surface area contributed by atoms with E-state index in [1.165, 1.54) is 6.26 Å². The number of amides is 2. The van der Waals surface area contributed by atoms with Gasteiger partial charge in [-0.2, -0.15) is 0 Å². The Morgan fingerprint density at radius 2 is 1.96 bits per heavy atom. The molecule has 6 nitrogen and oxygen atoms in total. The van der Waals surface area contributed by atoms with Crippen molar-refractivity contribution in [3.63, 3.8) is 0 Å². The number of rotatable bonds is 5. The van der Waals surface area contributed by atoms with Gasteiger partial charge in [0.2, 0.25) is 0 Å². The van der Waals surface area contributed by atoms with Crippen LogP contribution in [0.2, 0.25) is 0 Å². The third-order valence-electron chi connectivity index (χ3n) is 3.20. The van der Waals surface area contributed by atoms with Gasteiger partial charge in [-0.25, -0.2) is 0 Å². The summed E-state index contributed by atoms with van der Waals surface area (Å²) in [7, 11) is 0. The first-order chi connectivity index (χ1) is 10.8. The molecule has 0 saturated carbocycles. The van der Waals surface area contributed by atoms with E-state index in [4.69, 9.17) is 10.2 Å². The molecule has 0 aliphatic rings. The van der Waals surface area contributed by atoms with E-state index in [1.54, 1.807) is 30.3 Å². The van der Waals surface area contributed by atoms with Crippen LogP contribution in [0, 0.1) is 6.92 Å². The maximum absolute atomic E-state index is 12.2. The lowest BCUT2D eigenvalue weighted by atomic mass is 10.1. The number of benzene rings is 1. The number of carbonyl (C=O) groups excluding carboxylic acids is 2. The first-order valence-electron chi connectivity index (χ1n) is 7.29. The fraction of sp³-hybridized carbons (Fsp3) is 0.294. The Morgan fingerprint density at radius 1 is 1.22 bits per heavy atom. The van der Waals surface area contributed by atoms with Crippen LogP contribution in [0.3, 0.4) is 0 Å². The van der Waals surface area contributed by atoms with Crippen molar-refractivity contribution in [1.29, 1.82) is 0 Å². The van der Waals surface area contributed by atoms with Gasteiger partial charge in [0.25, 0.3) is 11.8 Å². The minimum absolute atomic E-state index is 0.212. The molecule has 122 valence electrons. The number of anilines is 1. The Morgan fingerprint density at radius 3 is 2.57 bits per heavy atom. The highest BCUT2D eigenvalue weighted by Crippen LogP contribution is 2.18. The number of hydrogen-bond donors (Lipinski definition) is 3. The van der Waals surface area contributed by atoms with Gasteiger partial charge >= 0.3 is 0 Å². The molecule has 1 heterocycles. The van der Waals surface area contributed by atoms with E-state index in [0.29, 0.717) is 17.8 Å². The molecule has 2 rings (SSSR count). The fourth-order valence-corrected chi connectivity index (χ4v) is 1.90. The van der Waals surface area contributed by atoms with Gasteiger partial charge in [0.15, 0.2) is 5.76 Å². The Labute approximate surface area is 135 Å². The van der Waals surface area contributed by atoms with Gasteiger partial charge in [-0.3, -0.25) is 9.59 Å². The molecule has 0 aliphatic heterocycles. The van der Waals surface area contributed by atoms with E-state index in [0.717, 1.165) is 5.56 Å². The van der Waals surface area contributed by atoms with Crippen molar-refractivity contribution in [2.75, 3.05) is 11.9 Å². The molecule has 1 aromatic heterocycles. The molecule has 23 heavy (non-hydrogen) atoms. The molecular formula is C17H21N3O3. The van der Waals surface area contributed by atoms with E-state index >= 15 is 0 Å². The molecule has 0 unspecified atom stereocenters. The number of nitrogens with two attached hydrogens (primary N) is 1. The molecule has 0 bridgehead atoms. The van der Waals surface area contributed by atoms with E-state index in [9.17, 15) is 9.59 Å². The van der Waals surface area contributed by atoms with Crippen LogP contribution in [0.15, 0.2) is 41.0 Å². The van der Waals surface area contributed by atoms with Crippen LogP contribution in [0.5, 0.6) is 0 Å². The van der Waals surface area contributed by atoms with Crippen molar-refractivity contribution in [2.24, 2.45) is 5.73 Å². The second kappa shape index (κ2) is 6.66. The van der Waals surface area contributed by atoms with Crippen molar-refractivity contribution >= 4 is 17.5 Å². The summed E-state index contributed by atoms with van der Waals surface area (Å²) in [6.07, 6.45) is 1.43. The Bertz CT molecular complexity index is 700. The molecule has 0 fully saturated rings. The summed E-state index contributed by atoms with van der Waals surface area (Å²) in [5, 5.41) is 5.51. The molecular weight excluding hydrogens is 294 g/mol. The highest BCUT2D eigenvalue weighted by molar-refractivity contribution is 6.03. The predicted molar refractivity (Wildman–Crippen MR) is 88.4 cm³/mol. The minimum Gasteiger partial charge on any atom is -0.459 e. The second-order valence-corrected chi connectivity index (χ2v) is 6.13. The summed E-state index contributed by atoms with van der Waals surface area (Å²) < 4.78 is 5.06. The molecule has 0 atom stereocenters. The van der Waals surface area contributed by atoms with Crippen LogP contribution in [0.1, 0.15) is 40.3 Å². The SMILES string of the molecule is Cc1ccc(C(=O)NCC(C)(C)N)cc1NC(=O)c1ccco1. The van der Waals surface area contributed by atoms with Crippen molar-refractivity contribution < 1.29 is 14.0 Å². The van der Waals surface area contributed by atoms with E-state index in [-0.39, 0.29) is 17.6 Å². The van der Waals surface area contributed by atoms with Gasteiger partial charge in [0.1, 0.15) is 0 Å². The summed E-state index contributed by atoms with van der Waals surface area (Å²) in [4.78, 5) is 24.2. The van der Waals surface area contributed by atoms with Gasteiger partial charge < -0.3 is 20.8 Å². The van der Waals surface area contributed by atoms with Crippen LogP contribution in [-0.2, 0) is 0 Å². The summed E-state index contributed by atoms with van der Waals surface area (Å²) in [5.41, 5.74) is 7.23. The standard InChI is InChI=1S/C17H21N3O3/c1-11-6-7-12(15(21)19-10-17(2,3)18)9-13(11)20-16(22)14-5-4-8-23-14/h4-9H,10,18H2,1-3H3,(H,19,21)(H,20,22). The number of nitrogens with one attached hydrogen (secondary N) is 2. The zero-order chi connectivity index (χ0) is 17.0. The number of hydrogen-bond acceptors (Lipinski definition) is 4. The summed E-state index contributed by atoms with van der Waals surface area (Å²) >= 11 is 0. The highest BCUT2D eigenvalue weighted by Gasteiger charge is 2.15. The van der Waals surface area contributed by atoms with E-state index in [2.05, 4.69) is 10.6 Å². The van der Waals surface area contributed by atoms with Crippen LogP contribution >= 0.6 is 0 Å². The average Bonchev–Trinajstić information content (AvgIpc) is 3.00. The lowest BCUT2D eigenvalue weighted by molar-refractivity contribution is 0.0944. The first-order valence-corrected chi connectivity index (χ1v) is 7.29. The molecule has 2 aromatic rings. The van der Waals surface area contributed by atoms with E-state index in [1.807, 2.05) is 20.8 Å². The normalized spacial score (nSPS) is 11.1. The van der Waals surface area contributed by atoms with Crippen molar-refractivity contribution in [3.05, 3.63) is 53.5 Å². The highest BCUT2D eigenvalue weighted by atomic mass is 16.3. The van der Waals surface area contributed by atoms with Gasteiger partial charge in [-0.05, 0) is 50.6 Å². The summed E-state index contributed by atoms with van der Waals surface area (Å²) in [6.45, 7) is 5.87. The monoisotopic (exact) mass is 315 g/mol. The van der Waals surface area contributed by atoms with Crippen molar-refractivity contribution in [1.82, 2.24) is 5.32 Å². The molecule has 0 radical (unpaired) electrons. The van der Waals surface area contributed by atoms with Gasteiger partial charge in [0, 0.05) is 23.3 Å². The topological polar surface area (TPSA) is 97.4 Å². The summed E-state index contributed by atoms with van der Waals surface area (Å²) in [5.74, 6) is -0.389. The van der Waals surface area contributed by atoms with Crippen LogP contribution in [-0.4, -0.2) is 23.9 Å². The Balaban J connectivity index is 2.12. The Hall–Kier alpha value is -2.60. The zero-order valence-electron chi connectivity index (χ0n) is 13.5. The molecule has 0 saturated heterocycles. The van der Waals surface area contributed by atoms with Gasteiger partial charge in [0.05, 0.1) is 6.26 Å². The number of aryl methyl sites for hydroxylation is 1. The molecule has 1 aromatic carbocycles. The second-order valence-electron chi connectivity index (χ2n) is 6.13. The molecule has 0 spiro atoms. The third kappa shape index (κ3) is 4.69. The number of carbonyl (C=O) groups is 2. The van der Waals surface area contributed by atoms with Crippen molar-refractivity contribution in [3.8, 4) is 0 Å². The molecule has 4 N–H and O–H groups in total. The maximum Gasteiger partial charge on any atom is 0.291 e. The number of furan rings is 1. The van der Waals surface area contributed by atoms with Crippen LogP contribution < -0.4 is 16.4 Å². The van der Waals surface area contributed by atoms with Crippen molar-refractivity contribution in [2.45, 2.75) is 26.3 Å². The minimum atomic E-state index is -0.489. The summed E-state index contributed by atoms with van der Waals surface area (Å²) in [6, 6.07) is 8.33. The lowest BCUT2D eigenvalue weighted by Crippen LogP contribution is -2.45. The molecule has 0 aliphatic carbocycles. The first kappa shape index (κ1) is 16.8. The quantitative estimate of drug-likeness (QED) is 0.788. The lowest BCUT2D eigenvalue weighted by Gasteiger charge is -2.19. The molecule has 6 heteroatoms. The Kier molecular flexibility index (Phi) is 4.86.